The van der Waals surface area contributed by atoms with Gasteiger partial charge in [-0.05, 0) is 25.0 Å². The smallest absolute Gasteiger partial charge is 0.392 e. The number of halogens is 3. The predicted molar refractivity (Wildman–Crippen MR) is 59.7 cm³/mol. The molecule has 1 fully saturated rings. The summed E-state index contributed by atoms with van der Waals surface area (Å²) in [6.07, 6.45) is -2.39. The summed E-state index contributed by atoms with van der Waals surface area (Å²) in [5, 5.41) is 11.2. The van der Waals surface area contributed by atoms with Crippen LogP contribution in [0.1, 0.15) is 18.4 Å². The van der Waals surface area contributed by atoms with Gasteiger partial charge in [-0.15, -0.1) is 0 Å². The maximum atomic E-state index is 12.3. The van der Waals surface area contributed by atoms with Gasteiger partial charge in [0.2, 0.25) is 0 Å². The minimum atomic E-state index is -4.37. The lowest BCUT2D eigenvalue weighted by atomic mass is 10.1. The molecule has 0 spiro atoms. The number of pyridine rings is 1. The molecule has 4 nitrogen and oxygen atoms in total. The van der Waals surface area contributed by atoms with Crippen LogP contribution in [0, 0.1) is 0 Å². The molecule has 18 heavy (non-hydrogen) atoms. The number of anilines is 1. The Morgan fingerprint density at radius 3 is 2.72 bits per heavy atom. The van der Waals surface area contributed by atoms with E-state index in [1.807, 2.05) is 0 Å². The number of aliphatic hydroxyl groups excluding tert-OH is 1. The molecule has 1 unspecified atom stereocenters. The van der Waals surface area contributed by atoms with Crippen LogP contribution >= 0.6 is 0 Å². The zero-order valence-electron chi connectivity index (χ0n) is 9.61. The molecule has 1 saturated heterocycles. The van der Waals surface area contributed by atoms with Gasteiger partial charge in [-0.2, -0.15) is 13.2 Å². The fraction of sp³-hybridized carbons (Fsp3) is 0.545. The molecule has 100 valence electrons. The van der Waals surface area contributed by atoms with Gasteiger partial charge in [-0.3, -0.25) is 0 Å². The van der Waals surface area contributed by atoms with Crippen molar-refractivity contribution in [3.8, 4) is 0 Å². The molecule has 2 rings (SSSR count). The molecule has 0 bridgehead atoms. The normalized spacial score (nSPS) is 21.9. The second-order valence-corrected chi connectivity index (χ2v) is 4.28. The number of hydrogen-bond donors (Lipinski definition) is 2. The van der Waals surface area contributed by atoms with Crippen LogP contribution in [0.2, 0.25) is 0 Å². The zero-order chi connectivity index (χ0) is 13.2. The first-order valence-electron chi connectivity index (χ1n) is 5.68. The Morgan fingerprint density at radius 2 is 2.17 bits per heavy atom. The van der Waals surface area contributed by atoms with Crippen LogP contribution in [0.4, 0.5) is 19.0 Å². The average Bonchev–Trinajstić information content (AvgIpc) is 2.28. The van der Waals surface area contributed by atoms with Gasteiger partial charge in [0.1, 0.15) is 5.82 Å². The van der Waals surface area contributed by atoms with Crippen molar-refractivity contribution in [1.29, 1.82) is 0 Å². The van der Waals surface area contributed by atoms with Gasteiger partial charge in [-0.25, -0.2) is 9.99 Å². The van der Waals surface area contributed by atoms with E-state index in [1.54, 1.807) is 5.01 Å². The number of hydrazine groups is 1. The number of hydrogen-bond acceptors (Lipinski definition) is 4. The van der Waals surface area contributed by atoms with E-state index in [0.29, 0.717) is 12.4 Å². The van der Waals surface area contributed by atoms with Crippen molar-refractivity contribution in [2.24, 2.45) is 0 Å². The van der Waals surface area contributed by atoms with Crippen LogP contribution in [0.5, 0.6) is 0 Å². The predicted octanol–water partition coefficient (Wildman–Crippen LogP) is 1.88. The lowest BCUT2D eigenvalue weighted by Gasteiger charge is -2.30. The Morgan fingerprint density at radius 1 is 1.39 bits per heavy atom. The zero-order valence-corrected chi connectivity index (χ0v) is 9.61. The number of piperidine rings is 1. The number of alkyl halides is 3. The molecule has 0 radical (unpaired) electrons. The molecule has 2 heterocycles. The quantitative estimate of drug-likeness (QED) is 0.853. The Balaban J connectivity index is 1.98. The average molecular weight is 261 g/mol. The lowest BCUT2D eigenvalue weighted by molar-refractivity contribution is -0.137. The third-order valence-electron chi connectivity index (χ3n) is 2.76. The standard InChI is InChI=1S/C11H14F3N3O/c12-11(13,14)8-3-4-10(15-6-8)16-17-5-1-2-9(18)7-17/h3-4,6,9,18H,1-2,5,7H2,(H,15,16). The molecule has 0 aromatic carbocycles. The second-order valence-electron chi connectivity index (χ2n) is 4.28. The lowest BCUT2D eigenvalue weighted by Crippen LogP contribution is -2.41. The van der Waals surface area contributed by atoms with Crippen molar-refractivity contribution in [3.05, 3.63) is 23.9 Å². The maximum absolute atomic E-state index is 12.3. The molecular formula is C11H14F3N3O. The van der Waals surface area contributed by atoms with Crippen LogP contribution in [0.3, 0.4) is 0 Å². The summed E-state index contributed by atoms with van der Waals surface area (Å²) in [5.41, 5.74) is 2.11. The molecule has 0 saturated carbocycles. The van der Waals surface area contributed by atoms with Crippen LogP contribution in [-0.2, 0) is 6.18 Å². The number of aromatic nitrogens is 1. The summed E-state index contributed by atoms with van der Waals surface area (Å²) in [5.74, 6) is 0.345. The van der Waals surface area contributed by atoms with Gasteiger partial charge in [-0.1, -0.05) is 0 Å². The molecule has 1 atom stereocenters. The summed E-state index contributed by atoms with van der Waals surface area (Å²) < 4.78 is 37.0. The van der Waals surface area contributed by atoms with Crippen molar-refractivity contribution < 1.29 is 18.3 Å². The van der Waals surface area contributed by atoms with Crippen molar-refractivity contribution in [2.75, 3.05) is 18.5 Å². The topological polar surface area (TPSA) is 48.4 Å². The monoisotopic (exact) mass is 261 g/mol. The van der Waals surface area contributed by atoms with E-state index in [9.17, 15) is 18.3 Å². The molecule has 2 N–H and O–H groups in total. The van der Waals surface area contributed by atoms with Gasteiger partial charge in [0, 0.05) is 19.3 Å². The highest BCUT2D eigenvalue weighted by atomic mass is 19.4. The third kappa shape index (κ3) is 3.33. The highest BCUT2D eigenvalue weighted by Gasteiger charge is 2.30. The molecule has 1 aromatic heterocycles. The summed E-state index contributed by atoms with van der Waals surface area (Å²) in [4.78, 5) is 3.71. The van der Waals surface area contributed by atoms with Crippen molar-refractivity contribution in [1.82, 2.24) is 9.99 Å². The first-order chi connectivity index (χ1) is 8.45. The Labute approximate surface area is 102 Å². The molecule has 1 aliphatic heterocycles. The van der Waals surface area contributed by atoms with Crippen molar-refractivity contribution in [2.45, 2.75) is 25.1 Å². The van der Waals surface area contributed by atoms with Crippen LogP contribution in [0.15, 0.2) is 18.3 Å². The molecular weight excluding hydrogens is 247 g/mol. The second kappa shape index (κ2) is 5.11. The molecule has 7 heteroatoms. The summed E-state index contributed by atoms with van der Waals surface area (Å²) in [6, 6.07) is 2.26. The van der Waals surface area contributed by atoms with Gasteiger partial charge in [0.25, 0.3) is 0 Å². The van der Waals surface area contributed by atoms with Gasteiger partial charge in [0.15, 0.2) is 0 Å². The number of aliphatic hydroxyl groups is 1. The van der Waals surface area contributed by atoms with Crippen molar-refractivity contribution >= 4 is 5.82 Å². The van der Waals surface area contributed by atoms with E-state index in [-0.39, 0.29) is 0 Å². The Kier molecular flexibility index (Phi) is 3.72. The largest absolute Gasteiger partial charge is 0.417 e. The Hall–Kier alpha value is -1.34. The molecule has 0 aliphatic carbocycles. The first-order valence-corrected chi connectivity index (χ1v) is 5.68. The summed E-state index contributed by atoms with van der Waals surface area (Å²) in [7, 11) is 0. The minimum absolute atomic E-state index is 0.345. The fourth-order valence-electron chi connectivity index (χ4n) is 1.85. The van der Waals surface area contributed by atoms with E-state index >= 15 is 0 Å². The van der Waals surface area contributed by atoms with Crippen molar-refractivity contribution in [3.63, 3.8) is 0 Å². The van der Waals surface area contributed by atoms with E-state index in [2.05, 4.69) is 10.4 Å². The number of nitrogens with one attached hydrogen (secondary N) is 1. The highest BCUT2D eigenvalue weighted by Crippen LogP contribution is 2.28. The maximum Gasteiger partial charge on any atom is 0.417 e. The van der Waals surface area contributed by atoms with Gasteiger partial charge >= 0.3 is 6.18 Å². The number of β-amino-alcohol motifs (C(OH)–C–C–N with tert-alkyl or cyclic N) is 1. The van der Waals surface area contributed by atoms with E-state index in [1.165, 1.54) is 6.07 Å². The van der Waals surface area contributed by atoms with Gasteiger partial charge < -0.3 is 10.5 Å². The fourth-order valence-corrected chi connectivity index (χ4v) is 1.85. The van der Waals surface area contributed by atoms with Crippen LogP contribution < -0.4 is 5.43 Å². The SMILES string of the molecule is OC1CCCN(Nc2ccc(C(F)(F)F)cn2)C1. The molecule has 1 aromatic rings. The van der Waals surface area contributed by atoms with Crippen LogP contribution in [0.25, 0.3) is 0 Å². The summed E-state index contributed by atoms with van der Waals surface area (Å²) in [6.45, 7) is 1.18. The third-order valence-corrected chi connectivity index (χ3v) is 2.76. The van der Waals surface area contributed by atoms with Gasteiger partial charge in [0.05, 0.1) is 11.7 Å². The summed E-state index contributed by atoms with van der Waals surface area (Å²) >= 11 is 0. The number of rotatable bonds is 2. The molecule has 1 aliphatic rings. The minimum Gasteiger partial charge on any atom is -0.392 e. The van der Waals surface area contributed by atoms with E-state index < -0.39 is 17.8 Å². The van der Waals surface area contributed by atoms with E-state index in [4.69, 9.17) is 0 Å². The first kappa shape index (κ1) is 13.1. The molecule has 0 amide bonds. The van der Waals surface area contributed by atoms with Crippen LogP contribution in [-0.4, -0.2) is 34.3 Å². The number of nitrogens with zero attached hydrogens (tertiary/aromatic N) is 2. The van der Waals surface area contributed by atoms with E-state index in [0.717, 1.165) is 31.6 Å². The highest BCUT2D eigenvalue weighted by molar-refractivity contribution is 5.35. The Bertz CT molecular complexity index is 394.